The lowest BCUT2D eigenvalue weighted by Crippen LogP contribution is -2.29. The summed E-state index contributed by atoms with van der Waals surface area (Å²) in [6.45, 7) is 0.0418. The molecule has 2 amide bonds. The molecule has 35 heavy (non-hydrogen) atoms. The van der Waals surface area contributed by atoms with Crippen LogP contribution >= 0.6 is 58.2 Å². The minimum Gasteiger partial charge on any atom is -0.331 e. The number of nitrogens with one attached hydrogen (secondary N) is 2. The van der Waals surface area contributed by atoms with E-state index in [0.717, 1.165) is 5.56 Å². The molecule has 0 aliphatic rings. The van der Waals surface area contributed by atoms with Crippen LogP contribution in [0.1, 0.15) is 11.4 Å². The first kappa shape index (κ1) is 25.6. The summed E-state index contributed by atoms with van der Waals surface area (Å²) < 4.78 is 15.0. The number of carbonyl (C=O) groups excluding carboxylic acids is 1. The first-order valence-electron chi connectivity index (χ1n) is 10.1. The van der Waals surface area contributed by atoms with Crippen molar-refractivity contribution in [2.24, 2.45) is 0 Å². The maximum atomic E-state index is 13.2. The minimum absolute atomic E-state index is 0.0418. The molecule has 0 aliphatic heterocycles. The van der Waals surface area contributed by atoms with Crippen LogP contribution in [0.2, 0.25) is 20.1 Å². The summed E-state index contributed by atoms with van der Waals surface area (Å²) in [6, 6.07) is 15.5. The van der Waals surface area contributed by atoms with E-state index in [0.29, 0.717) is 48.2 Å². The number of anilines is 1. The molecule has 0 atom stereocenters. The summed E-state index contributed by atoms with van der Waals surface area (Å²) in [6.07, 6.45) is 0. The van der Waals surface area contributed by atoms with Gasteiger partial charge in [0.2, 0.25) is 0 Å². The Balaban J connectivity index is 1.55. The molecular formula is C23H16Cl4FN5OS. The number of carbonyl (C=O) groups is 1. The molecule has 1 heterocycles. The number of nitrogens with zero attached hydrogens (tertiary/aromatic N) is 3. The van der Waals surface area contributed by atoms with Gasteiger partial charge in [-0.05, 0) is 54.1 Å². The molecule has 2 N–H and O–H groups in total. The van der Waals surface area contributed by atoms with E-state index >= 15 is 0 Å². The third-order valence-electron chi connectivity index (χ3n) is 4.72. The number of benzene rings is 3. The SMILES string of the molecule is O=C(NCc1nnc(SCc2ccc(F)cc2)n1-c1cc(Cl)ccc1Cl)Nc1ccc(Cl)c(Cl)c1. The van der Waals surface area contributed by atoms with Crippen molar-refractivity contribution < 1.29 is 9.18 Å². The topological polar surface area (TPSA) is 71.8 Å². The van der Waals surface area contributed by atoms with Gasteiger partial charge in [-0.3, -0.25) is 4.57 Å². The molecule has 0 fully saturated rings. The molecule has 0 bridgehead atoms. The molecule has 4 rings (SSSR count). The second-order valence-corrected chi connectivity index (χ2v) is 9.78. The van der Waals surface area contributed by atoms with Crippen molar-refractivity contribution in [3.05, 3.63) is 98.0 Å². The van der Waals surface area contributed by atoms with Crippen LogP contribution in [-0.2, 0) is 12.3 Å². The maximum absolute atomic E-state index is 13.2. The van der Waals surface area contributed by atoms with Gasteiger partial charge < -0.3 is 10.6 Å². The Hall–Kier alpha value is -2.49. The number of urea groups is 1. The Bertz CT molecular complexity index is 1370. The second-order valence-electron chi connectivity index (χ2n) is 7.18. The standard InChI is InChI=1S/C23H16Cl4FN5OS/c24-14-3-7-18(26)20(9-14)33-21(11-29-22(34)30-16-6-8-17(25)19(27)10-16)31-32-23(33)35-12-13-1-4-15(28)5-2-13/h1-10H,11-12H2,(H2,29,30,34). The minimum atomic E-state index is -0.476. The van der Waals surface area contributed by atoms with Gasteiger partial charge in [-0.2, -0.15) is 0 Å². The van der Waals surface area contributed by atoms with Crippen LogP contribution < -0.4 is 10.6 Å². The summed E-state index contributed by atoms with van der Waals surface area (Å²) >= 11 is 26.0. The van der Waals surface area contributed by atoms with Crippen molar-refractivity contribution in [2.75, 3.05) is 5.32 Å². The van der Waals surface area contributed by atoms with Crippen molar-refractivity contribution in [1.29, 1.82) is 0 Å². The van der Waals surface area contributed by atoms with Crippen molar-refractivity contribution in [2.45, 2.75) is 17.5 Å². The molecule has 0 saturated carbocycles. The molecular weight excluding hydrogens is 555 g/mol. The lowest BCUT2D eigenvalue weighted by atomic mass is 10.2. The van der Waals surface area contributed by atoms with Crippen LogP contribution in [0.15, 0.2) is 65.8 Å². The number of rotatable bonds is 7. The second kappa shape index (κ2) is 11.5. The summed E-state index contributed by atoms with van der Waals surface area (Å²) in [5.74, 6) is 0.641. The number of hydrogen-bond acceptors (Lipinski definition) is 4. The smallest absolute Gasteiger partial charge is 0.319 e. The highest BCUT2D eigenvalue weighted by Gasteiger charge is 2.18. The zero-order valence-electron chi connectivity index (χ0n) is 17.7. The fourth-order valence-electron chi connectivity index (χ4n) is 3.04. The highest BCUT2D eigenvalue weighted by molar-refractivity contribution is 7.98. The Kier molecular flexibility index (Phi) is 8.41. The van der Waals surface area contributed by atoms with E-state index in [1.807, 2.05) is 0 Å². The van der Waals surface area contributed by atoms with Gasteiger partial charge in [0.1, 0.15) is 5.82 Å². The van der Waals surface area contributed by atoms with E-state index < -0.39 is 6.03 Å². The first-order valence-corrected chi connectivity index (χ1v) is 12.6. The zero-order valence-corrected chi connectivity index (χ0v) is 21.6. The summed E-state index contributed by atoms with van der Waals surface area (Å²) in [5.41, 5.74) is 1.95. The Morgan fingerprint density at radius 3 is 2.40 bits per heavy atom. The average Bonchev–Trinajstić information content (AvgIpc) is 3.24. The molecule has 0 spiro atoms. The largest absolute Gasteiger partial charge is 0.331 e. The van der Waals surface area contributed by atoms with Crippen LogP contribution in [0.4, 0.5) is 14.9 Å². The molecule has 180 valence electrons. The van der Waals surface area contributed by atoms with Crippen LogP contribution in [0.25, 0.3) is 5.69 Å². The van der Waals surface area contributed by atoms with Gasteiger partial charge >= 0.3 is 6.03 Å². The normalized spacial score (nSPS) is 10.9. The van der Waals surface area contributed by atoms with E-state index in [1.54, 1.807) is 53.1 Å². The average molecular weight is 571 g/mol. The van der Waals surface area contributed by atoms with Crippen molar-refractivity contribution in [3.8, 4) is 5.69 Å². The Labute approximate surface area is 224 Å². The molecule has 0 unspecified atom stereocenters. The molecule has 3 aromatic carbocycles. The predicted octanol–water partition coefficient (Wildman–Crippen LogP) is 7.63. The highest BCUT2D eigenvalue weighted by Crippen LogP contribution is 2.31. The van der Waals surface area contributed by atoms with E-state index in [2.05, 4.69) is 20.8 Å². The van der Waals surface area contributed by atoms with E-state index in [1.165, 1.54) is 23.9 Å². The Morgan fingerprint density at radius 1 is 0.914 bits per heavy atom. The summed E-state index contributed by atoms with van der Waals surface area (Å²) in [5, 5.41) is 16.1. The van der Waals surface area contributed by atoms with Crippen LogP contribution in [0.3, 0.4) is 0 Å². The molecule has 0 radical (unpaired) electrons. The lowest BCUT2D eigenvalue weighted by molar-refractivity contribution is 0.251. The van der Waals surface area contributed by atoms with Crippen molar-refractivity contribution >= 4 is 69.9 Å². The Morgan fingerprint density at radius 2 is 1.66 bits per heavy atom. The number of thioether (sulfide) groups is 1. The first-order chi connectivity index (χ1) is 16.8. The number of hydrogen-bond donors (Lipinski definition) is 2. The lowest BCUT2D eigenvalue weighted by Gasteiger charge is -2.13. The number of amides is 2. The third-order valence-corrected chi connectivity index (χ3v) is 7.01. The van der Waals surface area contributed by atoms with E-state index in [4.69, 9.17) is 46.4 Å². The monoisotopic (exact) mass is 569 g/mol. The molecule has 4 aromatic rings. The third kappa shape index (κ3) is 6.59. The van der Waals surface area contributed by atoms with Gasteiger partial charge in [-0.1, -0.05) is 70.3 Å². The van der Waals surface area contributed by atoms with Gasteiger partial charge in [-0.15, -0.1) is 10.2 Å². The predicted molar refractivity (Wildman–Crippen MR) is 140 cm³/mol. The van der Waals surface area contributed by atoms with E-state index in [-0.39, 0.29) is 12.4 Å². The van der Waals surface area contributed by atoms with E-state index in [9.17, 15) is 9.18 Å². The van der Waals surface area contributed by atoms with Gasteiger partial charge in [0.05, 0.1) is 27.3 Å². The molecule has 6 nitrogen and oxygen atoms in total. The van der Waals surface area contributed by atoms with Gasteiger partial charge in [0.15, 0.2) is 11.0 Å². The van der Waals surface area contributed by atoms with Crippen LogP contribution in [0.5, 0.6) is 0 Å². The van der Waals surface area contributed by atoms with Crippen molar-refractivity contribution in [1.82, 2.24) is 20.1 Å². The zero-order chi connectivity index (χ0) is 24.9. The van der Waals surface area contributed by atoms with Gasteiger partial charge in [-0.25, -0.2) is 9.18 Å². The number of aromatic nitrogens is 3. The van der Waals surface area contributed by atoms with Gasteiger partial charge in [0, 0.05) is 16.5 Å². The quantitative estimate of drug-likeness (QED) is 0.224. The summed E-state index contributed by atoms with van der Waals surface area (Å²) in [7, 11) is 0. The van der Waals surface area contributed by atoms with Crippen LogP contribution in [0, 0.1) is 5.82 Å². The fourth-order valence-corrected chi connectivity index (χ4v) is 4.63. The molecule has 12 heteroatoms. The van der Waals surface area contributed by atoms with Crippen molar-refractivity contribution in [3.63, 3.8) is 0 Å². The highest BCUT2D eigenvalue weighted by atomic mass is 35.5. The molecule has 0 aliphatic carbocycles. The van der Waals surface area contributed by atoms with Gasteiger partial charge in [0.25, 0.3) is 0 Å². The maximum Gasteiger partial charge on any atom is 0.319 e. The fraction of sp³-hybridized carbons (Fsp3) is 0.0870. The van der Waals surface area contributed by atoms with Crippen LogP contribution in [-0.4, -0.2) is 20.8 Å². The summed E-state index contributed by atoms with van der Waals surface area (Å²) in [4.78, 5) is 12.5. The molecule has 1 aromatic heterocycles. The number of halogens is 5. The molecule has 0 saturated heterocycles.